The average molecular weight is 1140 g/mol. The van der Waals surface area contributed by atoms with Gasteiger partial charge in [0, 0.05) is 34.1 Å². The topological polar surface area (TPSA) is 6.48 Å². The van der Waals surface area contributed by atoms with Crippen LogP contribution < -0.4 is 9.80 Å². The van der Waals surface area contributed by atoms with E-state index in [1.807, 2.05) is 0 Å². The molecular formula is C88H56N2. The number of para-hydroxylation sites is 1. The van der Waals surface area contributed by atoms with Crippen LogP contribution in [0.3, 0.4) is 0 Å². The molecule has 14 aromatic carbocycles. The van der Waals surface area contributed by atoms with Crippen LogP contribution in [-0.4, -0.2) is 0 Å². The third-order valence-electron chi connectivity index (χ3n) is 21.4. The Morgan fingerprint density at radius 2 is 0.356 bits per heavy atom. The van der Waals surface area contributed by atoms with E-state index >= 15 is 0 Å². The highest BCUT2D eigenvalue weighted by Gasteiger charge is 2.55. The summed E-state index contributed by atoms with van der Waals surface area (Å²) >= 11 is 0. The molecule has 0 bridgehead atoms. The van der Waals surface area contributed by atoms with Crippen molar-refractivity contribution in [1.82, 2.24) is 0 Å². The van der Waals surface area contributed by atoms with Crippen LogP contribution in [0.2, 0.25) is 0 Å². The molecular weight excluding hydrogens is 1080 g/mol. The minimum Gasteiger partial charge on any atom is -0.310 e. The molecule has 0 saturated heterocycles. The van der Waals surface area contributed by atoms with Gasteiger partial charge in [-0.3, -0.25) is 0 Å². The summed E-state index contributed by atoms with van der Waals surface area (Å²) in [5.41, 5.74) is 37.5. The zero-order valence-corrected chi connectivity index (χ0v) is 49.5. The highest BCUT2D eigenvalue weighted by Crippen LogP contribution is 2.68. The molecule has 2 nitrogen and oxygen atoms in total. The van der Waals surface area contributed by atoms with E-state index in [0.717, 1.165) is 34.1 Å². The maximum atomic E-state index is 2.55. The van der Waals surface area contributed by atoms with Gasteiger partial charge in [0.2, 0.25) is 0 Å². The van der Waals surface area contributed by atoms with Gasteiger partial charge in [-0.2, -0.15) is 0 Å². The second kappa shape index (κ2) is 18.1. The van der Waals surface area contributed by atoms with Crippen molar-refractivity contribution in [3.63, 3.8) is 0 Å². The summed E-state index contributed by atoms with van der Waals surface area (Å²) in [4.78, 5) is 5.04. The van der Waals surface area contributed by atoms with Gasteiger partial charge in [-0.05, 0) is 213 Å². The lowest BCUT2D eigenvalue weighted by Crippen LogP contribution is -2.27. The Bertz CT molecular complexity index is 5240. The zero-order chi connectivity index (χ0) is 59.0. The summed E-state index contributed by atoms with van der Waals surface area (Å²) in [6.45, 7) is 2.19. The number of benzene rings is 14. The van der Waals surface area contributed by atoms with Gasteiger partial charge in [-0.25, -0.2) is 0 Å². The lowest BCUT2D eigenvalue weighted by Gasteiger charge is -2.34. The Labute approximate surface area is 524 Å². The number of anilines is 6. The van der Waals surface area contributed by atoms with Gasteiger partial charge in [0.15, 0.2) is 0 Å². The normalized spacial score (nSPS) is 14.5. The van der Waals surface area contributed by atoms with Crippen LogP contribution in [-0.2, 0) is 16.2 Å². The number of nitrogens with zero attached hydrogens (tertiary/aromatic N) is 2. The predicted octanol–water partition coefficient (Wildman–Crippen LogP) is 22.0. The van der Waals surface area contributed by atoms with Crippen molar-refractivity contribution in [1.29, 1.82) is 0 Å². The van der Waals surface area contributed by atoms with Crippen molar-refractivity contribution >= 4 is 34.1 Å². The molecule has 0 atom stereocenters. The van der Waals surface area contributed by atoms with E-state index in [1.54, 1.807) is 0 Å². The summed E-state index contributed by atoms with van der Waals surface area (Å²) in [7, 11) is 0. The van der Waals surface area contributed by atoms with Crippen molar-refractivity contribution in [3.05, 3.63) is 394 Å². The van der Waals surface area contributed by atoms with Gasteiger partial charge in [0.1, 0.15) is 0 Å². The monoisotopic (exact) mass is 1140 g/mol. The van der Waals surface area contributed by atoms with Crippen LogP contribution in [0.15, 0.2) is 322 Å². The van der Waals surface area contributed by atoms with Gasteiger partial charge in [0.05, 0.1) is 16.2 Å². The Morgan fingerprint density at radius 3 is 0.611 bits per heavy atom. The minimum absolute atomic E-state index is 0.484. The summed E-state index contributed by atoms with van der Waals surface area (Å²) in [6.07, 6.45) is 0. The fourth-order valence-corrected chi connectivity index (χ4v) is 18.0. The smallest absolute Gasteiger partial charge is 0.0727 e. The molecule has 0 N–H and O–H groups in total. The van der Waals surface area contributed by atoms with Crippen LogP contribution >= 0.6 is 0 Å². The standard InChI is InChI=1S/C88H56N2/c1-55-39-41-57(42-40-55)90(60-44-48-71-69-30-12-18-36-79(69)87(83(71)52-60)76-33-15-7-25-64(76)65-26-8-16-34-77(65)87)61-46-50-73-72-49-45-59(53-84(72)88(85(73)54-61)80-37-19-9-27-66(80)67-28-10-20-38-81(67)88)89(56-21-3-2-4-22-56)58-43-47-70-68-29-11-17-35-78(68)86(82(70)51-58)74-31-13-5-23-62(74)63-24-6-14-32-75(63)86/h2-54H,1H3. The summed E-state index contributed by atoms with van der Waals surface area (Å²) in [6, 6.07) is 123. The van der Waals surface area contributed by atoms with Crippen molar-refractivity contribution < 1.29 is 0 Å². The molecule has 0 fully saturated rings. The number of rotatable bonds is 6. The van der Waals surface area contributed by atoms with E-state index in [-0.39, 0.29) is 0 Å². The first-order valence-corrected chi connectivity index (χ1v) is 31.6. The molecule has 3 spiro atoms. The van der Waals surface area contributed by atoms with Gasteiger partial charge >= 0.3 is 0 Å². The summed E-state index contributed by atoms with van der Waals surface area (Å²) < 4.78 is 0. The van der Waals surface area contributed by atoms with Crippen LogP contribution in [0.1, 0.15) is 72.3 Å². The number of fused-ring (bicyclic) bond motifs is 30. The first kappa shape index (κ1) is 49.8. The Hall–Kier alpha value is -11.3. The van der Waals surface area contributed by atoms with Gasteiger partial charge in [0.25, 0.3) is 0 Å². The number of hydrogen-bond donors (Lipinski definition) is 0. The Kier molecular flexibility index (Phi) is 10.0. The lowest BCUT2D eigenvalue weighted by molar-refractivity contribution is 0.792. The lowest BCUT2D eigenvalue weighted by atomic mass is 9.70. The van der Waals surface area contributed by atoms with Crippen molar-refractivity contribution in [2.24, 2.45) is 0 Å². The molecule has 418 valence electrons. The molecule has 0 radical (unpaired) electrons. The van der Waals surface area contributed by atoms with Crippen LogP contribution in [0.25, 0.3) is 66.8 Å². The van der Waals surface area contributed by atoms with Crippen molar-refractivity contribution in [2.75, 3.05) is 9.80 Å². The molecule has 0 amide bonds. The third kappa shape index (κ3) is 6.18. The SMILES string of the molecule is Cc1ccc(N(c2ccc3c(c2)C2(c4ccccc4-c4ccccc42)c2ccccc2-3)c2ccc3c(c2)C2(c4ccccc4-c4ccccc42)c2cc(N(c4ccccc4)c4ccc5c(c4)C4(c6ccccc6-c6ccccc64)c4ccccc4-5)ccc2-3)cc1. The fourth-order valence-electron chi connectivity index (χ4n) is 18.0. The Morgan fingerprint density at radius 1 is 0.167 bits per heavy atom. The molecule has 0 unspecified atom stereocenters. The highest BCUT2D eigenvalue weighted by atomic mass is 15.1. The molecule has 0 saturated carbocycles. The van der Waals surface area contributed by atoms with Crippen molar-refractivity contribution in [2.45, 2.75) is 23.2 Å². The number of hydrogen-bond acceptors (Lipinski definition) is 2. The highest BCUT2D eigenvalue weighted by molar-refractivity contribution is 6.01. The van der Waals surface area contributed by atoms with E-state index in [9.17, 15) is 0 Å². The van der Waals surface area contributed by atoms with Gasteiger partial charge in [-0.1, -0.05) is 254 Å². The molecule has 6 aliphatic carbocycles. The molecule has 90 heavy (non-hydrogen) atoms. The largest absolute Gasteiger partial charge is 0.310 e. The van der Waals surface area contributed by atoms with E-state index in [4.69, 9.17) is 0 Å². The van der Waals surface area contributed by atoms with E-state index < -0.39 is 16.2 Å². The van der Waals surface area contributed by atoms with Gasteiger partial charge in [-0.15, -0.1) is 0 Å². The molecule has 14 aromatic rings. The van der Waals surface area contributed by atoms with Crippen LogP contribution in [0.5, 0.6) is 0 Å². The van der Waals surface area contributed by atoms with E-state index in [1.165, 1.54) is 139 Å². The van der Waals surface area contributed by atoms with Crippen molar-refractivity contribution in [3.8, 4) is 66.8 Å². The van der Waals surface area contributed by atoms with E-state index in [0.29, 0.717) is 0 Å². The minimum atomic E-state index is -0.660. The fraction of sp³-hybridized carbons (Fsp3) is 0.0455. The van der Waals surface area contributed by atoms with Gasteiger partial charge < -0.3 is 9.80 Å². The molecule has 0 aromatic heterocycles. The second-order valence-corrected chi connectivity index (χ2v) is 25.4. The second-order valence-electron chi connectivity index (χ2n) is 25.4. The molecule has 20 rings (SSSR count). The predicted molar refractivity (Wildman–Crippen MR) is 369 cm³/mol. The van der Waals surface area contributed by atoms with Crippen LogP contribution in [0, 0.1) is 6.92 Å². The maximum absolute atomic E-state index is 2.55. The van der Waals surface area contributed by atoms with E-state index in [2.05, 4.69) is 338 Å². The first-order valence-electron chi connectivity index (χ1n) is 31.6. The van der Waals surface area contributed by atoms with Crippen LogP contribution in [0.4, 0.5) is 34.1 Å². The molecule has 0 aliphatic heterocycles. The molecule has 0 heterocycles. The zero-order valence-electron chi connectivity index (χ0n) is 49.5. The average Bonchev–Trinajstić information content (AvgIpc) is 1.53. The summed E-state index contributed by atoms with van der Waals surface area (Å²) in [5, 5.41) is 0. The molecule has 2 heteroatoms. The number of aryl methyl sites for hydroxylation is 1. The maximum Gasteiger partial charge on any atom is 0.0727 e. The Balaban J connectivity index is 0.803. The third-order valence-corrected chi connectivity index (χ3v) is 21.4. The summed E-state index contributed by atoms with van der Waals surface area (Å²) in [5.74, 6) is 0. The quantitative estimate of drug-likeness (QED) is 0.164. The molecule has 6 aliphatic rings. The first-order chi connectivity index (χ1) is 44.6.